The number of aryl methyl sites for hydroxylation is 2. The number of halogens is 1. The number of anilines is 1. The highest BCUT2D eigenvalue weighted by Gasteiger charge is 2.24. The van der Waals surface area contributed by atoms with Gasteiger partial charge in [-0.2, -0.15) is 5.10 Å². The van der Waals surface area contributed by atoms with Crippen molar-refractivity contribution in [3.8, 4) is 0 Å². The Kier molecular flexibility index (Phi) is 8.08. The first-order chi connectivity index (χ1) is 12.7. The standard InChI is InChI=1S/C19H26N6O.HI/c1-20-19(21-9-5-6-14-11-23-25(2)13-14)22-12-15-10-18(26)24-17-8-4-3-7-16(15)17;/h3-4,7-8,11,13,15H,5-6,9-10,12H2,1-2H3,(H,24,26)(H2,20,21,22);1H. The van der Waals surface area contributed by atoms with Crippen molar-refractivity contribution in [1.82, 2.24) is 20.4 Å². The molecule has 146 valence electrons. The summed E-state index contributed by atoms with van der Waals surface area (Å²) in [6.45, 7) is 1.50. The Balaban J connectivity index is 0.00000261. The number of fused-ring (bicyclic) bond motifs is 1. The van der Waals surface area contributed by atoms with Crippen LogP contribution in [-0.2, 0) is 18.3 Å². The number of carbonyl (C=O) groups excluding carboxylic acids is 1. The van der Waals surface area contributed by atoms with E-state index >= 15 is 0 Å². The lowest BCUT2D eigenvalue weighted by Gasteiger charge is -2.26. The van der Waals surface area contributed by atoms with Gasteiger partial charge in [-0.25, -0.2) is 0 Å². The summed E-state index contributed by atoms with van der Waals surface area (Å²) in [4.78, 5) is 16.2. The van der Waals surface area contributed by atoms with Crippen LogP contribution in [0.15, 0.2) is 41.7 Å². The van der Waals surface area contributed by atoms with Crippen molar-refractivity contribution in [3.05, 3.63) is 47.8 Å². The molecule has 0 radical (unpaired) electrons. The number of carbonyl (C=O) groups is 1. The zero-order chi connectivity index (χ0) is 18.4. The van der Waals surface area contributed by atoms with Gasteiger partial charge in [-0.3, -0.25) is 14.5 Å². The van der Waals surface area contributed by atoms with Gasteiger partial charge in [-0.1, -0.05) is 18.2 Å². The zero-order valence-electron chi connectivity index (χ0n) is 15.7. The number of guanidine groups is 1. The number of nitrogens with zero attached hydrogens (tertiary/aromatic N) is 3. The van der Waals surface area contributed by atoms with E-state index in [9.17, 15) is 4.79 Å². The van der Waals surface area contributed by atoms with E-state index in [1.54, 1.807) is 7.05 Å². The fraction of sp³-hybridized carbons (Fsp3) is 0.421. The van der Waals surface area contributed by atoms with Crippen molar-refractivity contribution >= 4 is 41.5 Å². The van der Waals surface area contributed by atoms with Crippen LogP contribution in [0.25, 0.3) is 0 Å². The number of aromatic nitrogens is 2. The molecule has 1 aliphatic heterocycles. The van der Waals surface area contributed by atoms with Crippen LogP contribution in [0.1, 0.15) is 29.9 Å². The first kappa shape index (κ1) is 21.2. The number of para-hydroxylation sites is 1. The summed E-state index contributed by atoms with van der Waals surface area (Å²) in [7, 11) is 3.69. The molecule has 1 aromatic heterocycles. The molecule has 27 heavy (non-hydrogen) atoms. The van der Waals surface area contributed by atoms with Gasteiger partial charge in [0.05, 0.1) is 6.20 Å². The molecule has 0 aliphatic carbocycles. The van der Waals surface area contributed by atoms with E-state index in [0.29, 0.717) is 13.0 Å². The Hall–Kier alpha value is -2.10. The van der Waals surface area contributed by atoms with Gasteiger partial charge in [-0.05, 0) is 30.0 Å². The van der Waals surface area contributed by atoms with Gasteiger partial charge in [-0.15, -0.1) is 24.0 Å². The van der Waals surface area contributed by atoms with Gasteiger partial charge in [0.1, 0.15) is 0 Å². The van der Waals surface area contributed by atoms with E-state index < -0.39 is 0 Å². The summed E-state index contributed by atoms with van der Waals surface area (Å²) in [5, 5.41) is 13.8. The van der Waals surface area contributed by atoms with Crippen molar-refractivity contribution in [2.75, 3.05) is 25.5 Å². The molecular formula is C19H27IN6O. The van der Waals surface area contributed by atoms with Gasteiger partial charge in [0, 0.05) is 51.4 Å². The van der Waals surface area contributed by atoms with Crippen LogP contribution in [0.4, 0.5) is 5.69 Å². The van der Waals surface area contributed by atoms with E-state index in [0.717, 1.165) is 31.0 Å². The third-order valence-corrected chi connectivity index (χ3v) is 4.54. The second-order valence-corrected chi connectivity index (χ2v) is 6.54. The van der Waals surface area contributed by atoms with Crippen LogP contribution in [0.5, 0.6) is 0 Å². The molecule has 2 heterocycles. The second kappa shape index (κ2) is 10.3. The largest absolute Gasteiger partial charge is 0.356 e. The molecule has 1 unspecified atom stereocenters. The first-order valence-corrected chi connectivity index (χ1v) is 8.96. The minimum atomic E-state index is 0. The maximum absolute atomic E-state index is 11.9. The van der Waals surface area contributed by atoms with E-state index in [-0.39, 0.29) is 35.8 Å². The average Bonchev–Trinajstić information content (AvgIpc) is 3.06. The Morgan fingerprint density at radius 2 is 2.19 bits per heavy atom. The van der Waals surface area contributed by atoms with E-state index in [4.69, 9.17) is 0 Å². The van der Waals surface area contributed by atoms with Gasteiger partial charge in [0.25, 0.3) is 0 Å². The maximum atomic E-state index is 11.9. The Morgan fingerprint density at radius 3 is 2.93 bits per heavy atom. The molecule has 0 spiro atoms. The van der Waals surface area contributed by atoms with Gasteiger partial charge in [0.15, 0.2) is 5.96 Å². The molecule has 3 rings (SSSR count). The molecule has 1 amide bonds. The summed E-state index contributed by atoms with van der Waals surface area (Å²) in [6, 6.07) is 7.97. The summed E-state index contributed by atoms with van der Waals surface area (Å²) < 4.78 is 1.82. The smallest absolute Gasteiger partial charge is 0.225 e. The molecule has 0 saturated carbocycles. The number of benzene rings is 1. The molecular weight excluding hydrogens is 455 g/mol. The lowest BCUT2D eigenvalue weighted by Crippen LogP contribution is -2.41. The quantitative estimate of drug-likeness (QED) is 0.255. The molecule has 1 aliphatic rings. The molecule has 0 bridgehead atoms. The van der Waals surface area contributed by atoms with Crippen molar-refractivity contribution < 1.29 is 4.79 Å². The molecule has 2 aromatic rings. The minimum Gasteiger partial charge on any atom is -0.356 e. The fourth-order valence-corrected chi connectivity index (χ4v) is 3.22. The third-order valence-electron chi connectivity index (χ3n) is 4.54. The molecule has 7 nitrogen and oxygen atoms in total. The van der Waals surface area contributed by atoms with Gasteiger partial charge < -0.3 is 16.0 Å². The summed E-state index contributed by atoms with van der Waals surface area (Å²) >= 11 is 0. The van der Waals surface area contributed by atoms with Crippen LogP contribution in [-0.4, -0.2) is 41.8 Å². The molecule has 3 N–H and O–H groups in total. The average molecular weight is 482 g/mol. The topological polar surface area (TPSA) is 83.3 Å². The number of rotatable bonds is 6. The SMILES string of the molecule is CN=C(NCCCc1cnn(C)c1)NCC1CC(=O)Nc2ccccc21.I. The first-order valence-electron chi connectivity index (χ1n) is 8.96. The number of aliphatic imine (C=N–C) groups is 1. The molecule has 0 fully saturated rings. The number of nitrogens with one attached hydrogen (secondary N) is 3. The third kappa shape index (κ3) is 5.95. The Morgan fingerprint density at radius 1 is 1.37 bits per heavy atom. The summed E-state index contributed by atoms with van der Waals surface area (Å²) in [5.41, 5.74) is 3.32. The zero-order valence-corrected chi connectivity index (χ0v) is 18.1. The van der Waals surface area contributed by atoms with Crippen LogP contribution >= 0.6 is 24.0 Å². The molecule has 1 aromatic carbocycles. The minimum absolute atomic E-state index is 0. The predicted octanol–water partition coefficient (Wildman–Crippen LogP) is 2.26. The van der Waals surface area contributed by atoms with E-state index in [1.807, 2.05) is 42.3 Å². The Labute approximate surface area is 177 Å². The monoisotopic (exact) mass is 482 g/mol. The van der Waals surface area contributed by atoms with E-state index in [1.165, 1.54) is 11.1 Å². The van der Waals surface area contributed by atoms with E-state index in [2.05, 4.69) is 32.1 Å². The molecule has 1 atom stereocenters. The fourth-order valence-electron chi connectivity index (χ4n) is 3.22. The number of amides is 1. The van der Waals surface area contributed by atoms with Crippen molar-refractivity contribution in [2.45, 2.75) is 25.2 Å². The Bertz CT molecular complexity index is 788. The van der Waals surface area contributed by atoms with Gasteiger partial charge in [0.2, 0.25) is 5.91 Å². The number of hydrogen-bond donors (Lipinski definition) is 3. The van der Waals surface area contributed by atoms with Gasteiger partial charge >= 0.3 is 0 Å². The van der Waals surface area contributed by atoms with Crippen LogP contribution in [0.3, 0.4) is 0 Å². The highest BCUT2D eigenvalue weighted by atomic mass is 127. The van der Waals surface area contributed by atoms with Crippen LogP contribution < -0.4 is 16.0 Å². The molecule has 0 saturated heterocycles. The highest BCUT2D eigenvalue weighted by Crippen LogP contribution is 2.31. The summed E-state index contributed by atoms with van der Waals surface area (Å²) in [6.07, 6.45) is 6.41. The second-order valence-electron chi connectivity index (χ2n) is 6.54. The predicted molar refractivity (Wildman–Crippen MR) is 119 cm³/mol. The molecule has 8 heteroatoms. The lowest BCUT2D eigenvalue weighted by molar-refractivity contribution is -0.116. The lowest BCUT2D eigenvalue weighted by atomic mass is 9.90. The summed E-state index contributed by atoms with van der Waals surface area (Å²) in [5.74, 6) is 0.975. The van der Waals surface area contributed by atoms with Crippen molar-refractivity contribution in [3.63, 3.8) is 0 Å². The van der Waals surface area contributed by atoms with Crippen LogP contribution in [0.2, 0.25) is 0 Å². The van der Waals surface area contributed by atoms with Crippen molar-refractivity contribution in [2.24, 2.45) is 12.0 Å². The van der Waals surface area contributed by atoms with Crippen molar-refractivity contribution in [1.29, 1.82) is 0 Å². The number of hydrogen-bond acceptors (Lipinski definition) is 3. The normalized spacial score (nSPS) is 16.1. The maximum Gasteiger partial charge on any atom is 0.225 e. The van der Waals surface area contributed by atoms with Crippen LogP contribution in [0, 0.1) is 0 Å². The highest BCUT2D eigenvalue weighted by molar-refractivity contribution is 14.0.